The molecule has 8 nitrogen and oxygen atoms in total. The zero-order valence-corrected chi connectivity index (χ0v) is 30.1. The number of benzene rings is 2. The normalized spacial score (nSPS) is 17.2. The summed E-state index contributed by atoms with van der Waals surface area (Å²) in [7, 11) is 0. The third kappa shape index (κ3) is 10.1. The lowest BCUT2D eigenvalue weighted by atomic mass is 9.82. The standard InChI is InChI=1S/C42H54N4O4/c1-4-5-8-23-37-38(41(47)49-30-15-22-36-21-13-14-24-43-36)32(2)44-33(3)39(37)42(48)50-31-16-25-45-26-28-46(29-27-45)40(34-17-9-6-10-18-34)35-19-11-7-12-20-35/h6-7,9-14,17-21,24,37,40,44H,4-5,8,15-16,22-23,25-31H2,1-3H3. The van der Waals surface area contributed by atoms with Gasteiger partial charge in [0.1, 0.15) is 0 Å². The number of unbranched alkanes of at least 4 members (excludes halogenated alkanes) is 2. The molecule has 0 bridgehead atoms. The van der Waals surface area contributed by atoms with Gasteiger partial charge >= 0.3 is 11.9 Å². The van der Waals surface area contributed by atoms with Crippen molar-refractivity contribution in [3.05, 3.63) is 124 Å². The maximum atomic E-state index is 13.7. The molecule has 1 fully saturated rings. The van der Waals surface area contributed by atoms with E-state index in [1.165, 1.54) is 11.1 Å². The van der Waals surface area contributed by atoms with E-state index >= 15 is 0 Å². The number of pyridine rings is 1. The molecule has 0 aliphatic carbocycles. The molecule has 5 rings (SSSR count). The Hall–Kier alpha value is -4.27. The Labute approximate surface area is 298 Å². The van der Waals surface area contributed by atoms with Crippen LogP contribution in [0.5, 0.6) is 0 Å². The summed E-state index contributed by atoms with van der Waals surface area (Å²) < 4.78 is 11.7. The quantitative estimate of drug-likeness (QED) is 0.118. The number of esters is 2. The number of allylic oxidation sites excluding steroid dienone is 2. The number of aryl methyl sites for hydroxylation is 1. The third-order valence-corrected chi connectivity index (χ3v) is 9.81. The molecule has 3 heterocycles. The van der Waals surface area contributed by atoms with Crippen molar-refractivity contribution in [2.24, 2.45) is 5.92 Å². The number of carbonyl (C=O) groups is 2. The molecule has 266 valence electrons. The lowest BCUT2D eigenvalue weighted by Gasteiger charge is -2.39. The minimum atomic E-state index is -0.365. The number of nitrogens with zero attached hydrogens (tertiary/aromatic N) is 3. The highest BCUT2D eigenvalue weighted by Crippen LogP contribution is 2.35. The van der Waals surface area contributed by atoms with Crippen molar-refractivity contribution < 1.29 is 19.1 Å². The van der Waals surface area contributed by atoms with Crippen molar-refractivity contribution in [3.63, 3.8) is 0 Å². The summed E-state index contributed by atoms with van der Waals surface area (Å²) in [5, 5.41) is 3.29. The van der Waals surface area contributed by atoms with Gasteiger partial charge in [-0.05, 0) is 62.8 Å². The number of hydrogen-bond donors (Lipinski definition) is 1. The Kier molecular flexibility index (Phi) is 14.2. The van der Waals surface area contributed by atoms with E-state index in [1.807, 2.05) is 32.0 Å². The Morgan fingerprint density at radius 1 is 0.760 bits per heavy atom. The zero-order chi connectivity index (χ0) is 35.1. The highest BCUT2D eigenvalue weighted by Gasteiger charge is 2.36. The average molecular weight is 679 g/mol. The molecule has 0 saturated carbocycles. The predicted molar refractivity (Wildman–Crippen MR) is 198 cm³/mol. The van der Waals surface area contributed by atoms with Gasteiger partial charge in [-0.15, -0.1) is 0 Å². The van der Waals surface area contributed by atoms with Crippen LogP contribution in [0.2, 0.25) is 0 Å². The van der Waals surface area contributed by atoms with Crippen LogP contribution in [-0.4, -0.2) is 72.7 Å². The second-order valence-electron chi connectivity index (χ2n) is 13.4. The second kappa shape index (κ2) is 19.2. The summed E-state index contributed by atoms with van der Waals surface area (Å²) in [5.74, 6) is -1.06. The first-order chi connectivity index (χ1) is 24.5. The summed E-state index contributed by atoms with van der Waals surface area (Å²) in [4.78, 5) is 36.5. The van der Waals surface area contributed by atoms with Crippen LogP contribution in [0.1, 0.15) is 82.2 Å². The molecule has 1 unspecified atom stereocenters. The molecule has 1 N–H and O–H groups in total. The van der Waals surface area contributed by atoms with E-state index in [4.69, 9.17) is 9.47 Å². The molecule has 0 amide bonds. The summed E-state index contributed by atoms with van der Waals surface area (Å²) >= 11 is 0. The van der Waals surface area contributed by atoms with Gasteiger partial charge in [0.05, 0.1) is 30.4 Å². The molecule has 2 aliphatic rings. The monoisotopic (exact) mass is 678 g/mol. The van der Waals surface area contributed by atoms with Crippen molar-refractivity contribution in [3.8, 4) is 0 Å². The van der Waals surface area contributed by atoms with E-state index in [-0.39, 0.29) is 23.9 Å². The minimum absolute atomic E-state index is 0.234. The number of piperazine rings is 1. The van der Waals surface area contributed by atoms with Gasteiger partial charge in [-0.25, -0.2) is 9.59 Å². The molecule has 0 radical (unpaired) electrons. The average Bonchev–Trinajstić information content (AvgIpc) is 3.14. The van der Waals surface area contributed by atoms with Crippen LogP contribution in [0.15, 0.2) is 108 Å². The number of rotatable bonds is 17. The Morgan fingerprint density at radius 3 is 1.90 bits per heavy atom. The van der Waals surface area contributed by atoms with Gasteiger partial charge in [-0.2, -0.15) is 0 Å². The molecule has 1 atom stereocenters. The van der Waals surface area contributed by atoms with Gasteiger partial charge in [-0.3, -0.25) is 9.88 Å². The molecule has 0 spiro atoms. The molecule has 8 heteroatoms. The molecule has 2 aliphatic heterocycles. The summed E-state index contributed by atoms with van der Waals surface area (Å²) in [6.07, 6.45) is 7.64. The van der Waals surface area contributed by atoms with Gasteiger partial charge < -0.3 is 19.7 Å². The van der Waals surface area contributed by atoms with Crippen LogP contribution in [0, 0.1) is 5.92 Å². The van der Waals surface area contributed by atoms with Crippen molar-refractivity contribution >= 4 is 11.9 Å². The topological polar surface area (TPSA) is 84.0 Å². The van der Waals surface area contributed by atoms with Crippen LogP contribution in [0.3, 0.4) is 0 Å². The number of aromatic nitrogens is 1. The highest BCUT2D eigenvalue weighted by molar-refractivity contribution is 5.97. The lowest BCUT2D eigenvalue weighted by Crippen LogP contribution is -2.48. The predicted octanol–water partition coefficient (Wildman–Crippen LogP) is 7.25. The second-order valence-corrected chi connectivity index (χ2v) is 13.4. The van der Waals surface area contributed by atoms with E-state index in [1.54, 1.807) is 6.20 Å². The van der Waals surface area contributed by atoms with E-state index in [9.17, 15) is 9.59 Å². The van der Waals surface area contributed by atoms with Crippen molar-refractivity contribution in [1.29, 1.82) is 0 Å². The zero-order valence-electron chi connectivity index (χ0n) is 30.1. The molecule has 1 aromatic heterocycles. The number of hydrogen-bond acceptors (Lipinski definition) is 8. The molecule has 3 aromatic rings. The summed E-state index contributed by atoms with van der Waals surface area (Å²) in [5.41, 5.74) is 6.19. The lowest BCUT2D eigenvalue weighted by molar-refractivity contribution is -0.140. The SMILES string of the molecule is CCCCCC1C(C(=O)OCCCc2ccccn2)=C(C)NC(C)=C1C(=O)OCCCN1CCN(C(c2ccccc2)c2ccccc2)CC1. The number of nitrogens with one attached hydrogen (secondary N) is 1. The maximum absolute atomic E-state index is 13.7. The van der Waals surface area contributed by atoms with Crippen LogP contribution >= 0.6 is 0 Å². The highest BCUT2D eigenvalue weighted by atomic mass is 16.5. The fraction of sp³-hybridized carbons (Fsp3) is 0.452. The van der Waals surface area contributed by atoms with Crippen LogP contribution < -0.4 is 5.32 Å². The van der Waals surface area contributed by atoms with Gasteiger partial charge in [0.2, 0.25) is 0 Å². The Bertz CT molecular complexity index is 1530. The molecule has 50 heavy (non-hydrogen) atoms. The molecule has 1 saturated heterocycles. The van der Waals surface area contributed by atoms with Crippen LogP contribution in [0.4, 0.5) is 0 Å². The van der Waals surface area contributed by atoms with Crippen LogP contribution in [0.25, 0.3) is 0 Å². The molecular formula is C42H54N4O4. The smallest absolute Gasteiger partial charge is 0.336 e. The first-order valence-corrected chi connectivity index (χ1v) is 18.4. The molecule has 2 aromatic carbocycles. The Morgan fingerprint density at radius 2 is 1.34 bits per heavy atom. The van der Waals surface area contributed by atoms with Crippen molar-refractivity contribution in [2.45, 2.75) is 71.8 Å². The third-order valence-electron chi connectivity index (χ3n) is 9.81. The first-order valence-electron chi connectivity index (χ1n) is 18.4. The molecular weight excluding hydrogens is 624 g/mol. The maximum Gasteiger partial charge on any atom is 0.336 e. The van der Waals surface area contributed by atoms with E-state index in [2.05, 4.69) is 87.7 Å². The summed E-state index contributed by atoms with van der Waals surface area (Å²) in [6, 6.07) is 27.6. The van der Waals surface area contributed by atoms with E-state index in [0.29, 0.717) is 37.2 Å². The van der Waals surface area contributed by atoms with E-state index in [0.717, 1.165) is 81.9 Å². The van der Waals surface area contributed by atoms with Gasteiger partial charge in [0.25, 0.3) is 0 Å². The largest absolute Gasteiger partial charge is 0.462 e. The van der Waals surface area contributed by atoms with Crippen molar-refractivity contribution in [1.82, 2.24) is 20.1 Å². The number of carbonyl (C=O) groups excluding carboxylic acids is 2. The fourth-order valence-corrected chi connectivity index (χ4v) is 7.26. The Balaban J connectivity index is 1.12. The van der Waals surface area contributed by atoms with Crippen molar-refractivity contribution in [2.75, 3.05) is 45.9 Å². The van der Waals surface area contributed by atoms with Gasteiger partial charge in [-0.1, -0.05) is 92.9 Å². The first kappa shape index (κ1) is 37.0. The minimum Gasteiger partial charge on any atom is -0.462 e. The number of ether oxygens (including phenoxy) is 2. The fourth-order valence-electron chi connectivity index (χ4n) is 7.26. The van der Waals surface area contributed by atoms with E-state index < -0.39 is 0 Å². The van der Waals surface area contributed by atoms with Gasteiger partial charge in [0.15, 0.2) is 0 Å². The van der Waals surface area contributed by atoms with Gasteiger partial charge in [0, 0.05) is 61.9 Å². The summed E-state index contributed by atoms with van der Waals surface area (Å²) in [6.45, 7) is 11.3. The number of dihydropyridines is 1. The van der Waals surface area contributed by atoms with Crippen LogP contribution in [-0.2, 0) is 25.5 Å².